The Morgan fingerprint density at radius 2 is 1.63 bits per heavy atom. The fourth-order valence-electron chi connectivity index (χ4n) is 2.43. The minimum Gasteiger partial charge on any atom is -0.484 e. The number of ether oxygens (including phenoxy) is 1. The smallest absolute Gasteiger partial charge is 0.285 e. The second kappa shape index (κ2) is 11.3. The predicted molar refractivity (Wildman–Crippen MR) is 119 cm³/mol. The van der Waals surface area contributed by atoms with Crippen LogP contribution in [0.15, 0.2) is 59.5 Å². The van der Waals surface area contributed by atoms with Crippen molar-refractivity contribution in [3.8, 4) is 5.75 Å². The van der Waals surface area contributed by atoms with Gasteiger partial charge < -0.3 is 20.3 Å². The van der Waals surface area contributed by atoms with Crippen molar-refractivity contribution in [3.05, 3.63) is 54.6 Å². The molecule has 3 amide bonds. The molecule has 8 heteroatoms. The van der Waals surface area contributed by atoms with E-state index in [1.165, 1.54) is 4.90 Å². The number of amides is 3. The summed E-state index contributed by atoms with van der Waals surface area (Å²) in [6.07, 6.45) is 0. The van der Waals surface area contributed by atoms with Crippen molar-refractivity contribution in [1.29, 1.82) is 0 Å². The van der Waals surface area contributed by atoms with E-state index < -0.39 is 6.04 Å². The number of anilines is 1. The molecular weight excluding hydrogens is 402 g/mol. The van der Waals surface area contributed by atoms with Crippen LogP contribution in [0.25, 0.3) is 0 Å². The third-order valence-corrected chi connectivity index (χ3v) is 5.12. The van der Waals surface area contributed by atoms with Gasteiger partial charge in [-0.05, 0) is 54.1 Å². The molecule has 0 fully saturated rings. The number of hydrogen-bond donors (Lipinski definition) is 2. The molecule has 2 N–H and O–H groups in total. The summed E-state index contributed by atoms with van der Waals surface area (Å²) in [7, 11) is 3.38. The van der Waals surface area contributed by atoms with Gasteiger partial charge in [0.1, 0.15) is 11.8 Å². The Labute approximate surface area is 181 Å². The number of thioether (sulfide) groups is 1. The van der Waals surface area contributed by atoms with Crippen molar-refractivity contribution < 1.29 is 19.1 Å². The van der Waals surface area contributed by atoms with E-state index in [0.717, 1.165) is 16.7 Å². The van der Waals surface area contributed by atoms with Gasteiger partial charge in [0.25, 0.3) is 11.1 Å². The highest BCUT2D eigenvalue weighted by Crippen LogP contribution is 2.22. The number of carbonyl (C=O) groups is 3. The van der Waals surface area contributed by atoms with Gasteiger partial charge >= 0.3 is 0 Å². The van der Waals surface area contributed by atoms with Crippen LogP contribution < -0.4 is 15.4 Å². The maximum Gasteiger partial charge on any atom is 0.285 e. The third-order valence-electron chi connectivity index (χ3n) is 4.07. The van der Waals surface area contributed by atoms with Crippen LogP contribution in [-0.2, 0) is 9.59 Å². The van der Waals surface area contributed by atoms with Gasteiger partial charge in [-0.25, -0.2) is 0 Å². The molecule has 0 saturated carbocycles. The molecular formula is C22H27N3O4S. The monoisotopic (exact) mass is 429 g/mol. The number of hydrogen-bond acceptors (Lipinski definition) is 5. The Kier molecular flexibility index (Phi) is 8.73. The fourth-order valence-corrected chi connectivity index (χ4v) is 3.09. The van der Waals surface area contributed by atoms with Crippen molar-refractivity contribution in [2.45, 2.75) is 24.8 Å². The molecule has 0 heterocycles. The van der Waals surface area contributed by atoms with E-state index in [2.05, 4.69) is 10.6 Å². The standard InChI is InChI=1S/C22H27N3O4S/c1-15(2)20(24-19(26)14-29-17-8-6-5-7-9-17)21(27)23-16-10-12-18(13-11-16)30-22(28)25(3)4/h5-13,15,20H,14H2,1-4H3,(H,23,27)(H,24,26). The lowest BCUT2D eigenvalue weighted by atomic mass is 10.0. The molecule has 160 valence electrons. The van der Waals surface area contributed by atoms with Crippen molar-refractivity contribution in [1.82, 2.24) is 10.2 Å². The zero-order valence-electron chi connectivity index (χ0n) is 17.5. The van der Waals surface area contributed by atoms with Gasteiger partial charge in [0, 0.05) is 24.7 Å². The number of nitrogens with zero attached hydrogens (tertiary/aromatic N) is 1. The van der Waals surface area contributed by atoms with E-state index in [1.54, 1.807) is 50.5 Å². The number of benzene rings is 2. The zero-order valence-corrected chi connectivity index (χ0v) is 18.4. The molecule has 7 nitrogen and oxygen atoms in total. The van der Waals surface area contributed by atoms with Gasteiger partial charge in [0.15, 0.2) is 6.61 Å². The molecule has 0 radical (unpaired) electrons. The highest BCUT2D eigenvalue weighted by atomic mass is 32.2. The zero-order chi connectivity index (χ0) is 22.1. The Balaban J connectivity index is 1.91. The van der Waals surface area contributed by atoms with Crippen LogP contribution in [0, 0.1) is 5.92 Å². The summed E-state index contributed by atoms with van der Waals surface area (Å²) in [5.41, 5.74) is 0.585. The minimum atomic E-state index is -0.707. The van der Waals surface area contributed by atoms with Crippen LogP contribution in [0.2, 0.25) is 0 Å². The summed E-state index contributed by atoms with van der Waals surface area (Å²) >= 11 is 1.11. The topological polar surface area (TPSA) is 87.7 Å². The first-order valence-electron chi connectivity index (χ1n) is 9.53. The van der Waals surface area contributed by atoms with Crippen molar-refractivity contribution in [2.75, 3.05) is 26.0 Å². The van der Waals surface area contributed by atoms with Crippen LogP contribution >= 0.6 is 11.8 Å². The normalized spacial score (nSPS) is 11.5. The van der Waals surface area contributed by atoms with Crippen molar-refractivity contribution in [3.63, 3.8) is 0 Å². The molecule has 0 aliphatic rings. The summed E-state index contributed by atoms with van der Waals surface area (Å²) in [6.45, 7) is 3.54. The first-order valence-corrected chi connectivity index (χ1v) is 10.3. The van der Waals surface area contributed by atoms with Crippen LogP contribution in [0.3, 0.4) is 0 Å². The Morgan fingerprint density at radius 1 is 1.00 bits per heavy atom. The Hall–Kier alpha value is -3.00. The van der Waals surface area contributed by atoms with Crippen LogP contribution in [0.5, 0.6) is 5.75 Å². The quantitative estimate of drug-likeness (QED) is 0.626. The van der Waals surface area contributed by atoms with Gasteiger partial charge in [-0.3, -0.25) is 14.4 Å². The summed E-state index contributed by atoms with van der Waals surface area (Å²) in [4.78, 5) is 38.9. The molecule has 0 aliphatic heterocycles. The molecule has 1 unspecified atom stereocenters. The molecule has 2 rings (SSSR count). The maximum absolute atomic E-state index is 12.7. The number of para-hydroxylation sites is 1. The molecule has 0 aromatic heterocycles. The molecule has 1 atom stereocenters. The van der Waals surface area contributed by atoms with E-state index in [4.69, 9.17) is 4.74 Å². The summed E-state index contributed by atoms with van der Waals surface area (Å²) in [5, 5.41) is 5.46. The largest absolute Gasteiger partial charge is 0.484 e. The lowest BCUT2D eigenvalue weighted by Crippen LogP contribution is -2.48. The van der Waals surface area contributed by atoms with Gasteiger partial charge in [0.2, 0.25) is 5.91 Å². The van der Waals surface area contributed by atoms with E-state index in [-0.39, 0.29) is 29.6 Å². The summed E-state index contributed by atoms with van der Waals surface area (Å²) in [6, 6.07) is 15.3. The van der Waals surface area contributed by atoms with Crippen LogP contribution in [-0.4, -0.2) is 48.7 Å². The third kappa shape index (κ3) is 7.44. The highest BCUT2D eigenvalue weighted by Gasteiger charge is 2.24. The molecule has 0 bridgehead atoms. The number of nitrogens with one attached hydrogen (secondary N) is 2. The van der Waals surface area contributed by atoms with E-state index >= 15 is 0 Å². The minimum absolute atomic E-state index is 0.0768. The summed E-state index contributed by atoms with van der Waals surface area (Å²) in [5.74, 6) is -0.216. The Bertz CT molecular complexity index is 854. The van der Waals surface area contributed by atoms with Crippen molar-refractivity contribution >= 4 is 34.5 Å². The molecule has 30 heavy (non-hydrogen) atoms. The molecule has 0 saturated heterocycles. The maximum atomic E-state index is 12.7. The first-order chi connectivity index (χ1) is 14.3. The van der Waals surface area contributed by atoms with Gasteiger partial charge in [0.05, 0.1) is 0 Å². The SMILES string of the molecule is CC(C)C(NC(=O)COc1ccccc1)C(=O)Nc1ccc(SC(=O)N(C)C)cc1. The van der Waals surface area contributed by atoms with Gasteiger partial charge in [-0.1, -0.05) is 32.0 Å². The van der Waals surface area contributed by atoms with Gasteiger partial charge in [-0.2, -0.15) is 0 Å². The molecule has 2 aromatic carbocycles. The van der Waals surface area contributed by atoms with Crippen LogP contribution in [0.1, 0.15) is 13.8 Å². The lowest BCUT2D eigenvalue weighted by Gasteiger charge is -2.22. The van der Waals surface area contributed by atoms with E-state index in [9.17, 15) is 14.4 Å². The van der Waals surface area contributed by atoms with Crippen LogP contribution in [0.4, 0.5) is 10.5 Å². The summed E-state index contributed by atoms with van der Waals surface area (Å²) < 4.78 is 5.43. The molecule has 2 aromatic rings. The predicted octanol–water partition coefficient (Wildman–Crippen LogP) is 3.62. The highest BCUT2D eigenvalue weighted by molar-refractivity contribution is 8.13. The van der Waals surface area contributed by atoms with Gasteiger partial charge in [-0.15, -0.1) is 0 Å². The number of rotatable bonds is 8. The molecule has 0 aliphatic carbocycles. The number of carbonyl (C=O) groups excluding carboxylic acids is 3. The van der Waals surface area contributed by atoms with Crippen molar-refractivity contribution in [2.24, 2.45) is 5.92 Å². The second-order valence-corrected chi connectivity index (χ2v) is 8.19. The average Bonchev–Trinajstić information content (AvgIpc) is 2.72. The second-order valence-electron chi connectivity index (χ2n) is 7.17. The average molecular weight is 430 g/mol. The fraction of sp³-hybridized carbons (Fsp3) is 0.318. The Morgan fingerprint density at radius 3 is 2.20 bits per heavy atom. The van der Waals surface area contributed by atoms with E-state index in [0.29, 0.717) is 11.4 Å². The van der Waals surface area contributed by atoms with E-state index in [1.807, 2.05) is 32.0 Å². The lowest BCUT2D eigenvalue weighted by molar-refractivity contribution is -0.128. The first kappa shape index (κ1) is 23.3. The molecule has 0 spiro atoms.